The Morgan fingerprint density at radius 1 is 1.29 bits per heavy atom. The van der Waals surface area contributed by atoms with E-state index in [0.717, 1.165) is 11.3 Å². The van der Waals surface area contributed by atoms with Gasteiger partial charge in [0.25, 0.3) is 0 Å². The average Bonchev–Trinajstić information content (AvgIpc) is 2.33. The van der Waals surface area contributed by atoms with Gasteiger partial charge in [0, 0.05) is 6.07 Å². The largest absolute Gasteiger partial charge is 0.439 e. The molecule has 0 aliphatic rings. The molecule has 0 unspecified atom stereocenters. The molecule has 1 heterocycles. The van der Waals surface area contributed by atoms with Crippen molar-refractivity contribution in [1.82, 2.24) is 4.98 Å². The molecule has 0 amide bonds. The van der Waals surface area contributed by atoms with Gasteiger partial charge in [-0.15, -0.1) is 11.6 Å². The predicted octanol–water partition coefficient (Wildman–Crippen LogP) is 4.06. The van der Waals surface area contributed by atoms with Crippen molar-refractivity contribution in [3.8, 4) is 11.6 Å². The van der Waals surface area contributed by atoms with Crippen molar-refractivity contribution in [3.63, 3.8) is 0 Å². The summed E-state index contributed by atoms with van der Waals surface area (Å²) in [7, 11) is 0. The summed E-state index contributed by atoms with van der Waals surface area (Å²) in [5, 5.41) is 0. The number of alkyl halides is 1. The fourth-order valence-corrected chi connectivity index (χ4v) is 1.58. The Kier molecular flexibility index (Phi) is 3.59. The lowest BCUT2D eigenvalue weighted by molar-refractivity contribution is 0.456. The first-order valence-corrected chi connectivity index (χ1v) is 5.68. The van der Waals surface area contributed by atoms with Gasteiger partial charge in [-0.25, -0.2) is 9.37 Å². The Morgan fingerprint density at radius 2 is 2.12 bits per heavy atom. The van der Waals surface area contributed by atoms with E-state index in [1.807, 2.05) is 12.1 Å². The number of rotatable bonds is 3. The van der Waals surface area contributed by atoms with Crippen LogP contribution in [0, 0.1) is 12.7 Å². The highest BCUT2D eigenvalue weighted by atomic mass is 35.5. The topological polar surface area (TPSA) is 22.1 Å². The summed E-state index contributed by atoms with van der Waals surface area (Å²) < 4.78 is 18.5. The number of pyridine rings is 1. The maximum Gasteiger partial charge on any atom is 0.219 e. The second-order valence-electron chi connectivity index (χ2n) is 3.61. The van der Waals surface area contributed by atoms with Crippen molar-refractivity contribution in [2.75, 3.05) is 0 Å². The Hall–Kier alpha value is -1.61. The summed E-state index contributed by atoms with van der Waals surface area (Å²) in [4.78, 5) is 4.20. The van der Waals surface area contributed by atoms with Crippen molar-refractivity contribution in [1.29, 1.82) is 0 Å². The van der Waals surface area contributed by atoms with Crippen LogP contribution in [0.25, 0.3) is 0 Å². The van der Waals surface area contributed by atoms with Gasteiger partial charge in [0.1, 0.15) is 11.6 Å². The lowest BCUT2D eigenvalue weighted by atomic mass is 10.2. The van der Waals surface area contributed by atoms with Crippen molar-refractivity contribution < 1.29 is 9.13 Å². The maximum absolute atomic E-state index is 12.9. The Labute approximate surface area is 104 Å². The Balaban J connectivity index is 2.25. The van der Waals surface area contributed by atoms with Gasteiger partial charge in [0.05, 0.1) is 11.6 Å². The van der Waals surface area contributed by atoms with Gasteiger partial charge in [-0.3, -0.25) is 0 Å². The second kappa shape index (κ2) is 5.15. The molecule has 0 saturated heterocycles. The van der Waals surface area contributed by atoms with Crippen molar-refractivity contribution in [2.45, 2.75) is 12.8 Å². The van der Waals surface area contributed by atoms with Gasteiger partial charge in [-0.1, -0.05) is 6.07 Å². The van der Waals surface area contributed by atoms with Crippen molar-refractivity contribution >= 4 is 11.6 Å². The van der Waals surface area contributed by atoms with Crippen LogP contribution in [0.2, 0.25) is 0 Å². The molecule has 0 saturated carbocycles. The first kappa shape index (κ1) is 11.9. The molecule has 0 aliphatic heterocycles. The fourth-order valence-electron chi connectivity index (χ4n) is 1.43. The number of aryl methyl sites for hydroxylation is 1. The highest BCUT2D eigenvalue weighted by Gasteiger charge is 2.04. The third-order valence-corrected chi connectivity index (χ3v) is 2.54. The van der Waals surface area contributed by atoms with Gasteiger partial charge in [-0.05, 0) is 36.8 Å². The Morgan fingerprint density at radius 3 is 2.82 bits per heavy atom. The summed E-state index contributed by atoms with van der Waals surface area (Å²) in [5.41, 5.74) is 1.46. The summed E-state index contributed by atoms with van der Waals surface area (Å²) >= 11 is 5.69. The zero-order valence-corrected chi connectivity index (χ0v) is 10.0. The highest BCUT2D eigenvalue weighted by molar-refractivity contribution is 6.16. The molecule has 0 N–H and O–H groups in total. The smallest absolute Gasteiger partial charge is 0.219 e. The second-order valence-corrected chi connectivity index (χ2v) is 3.88. The van der Waals surface area contributed by atoms with E-state index in [-0.39, 0.29) is 5.82 Å². The lowest BCUT2D eigenvalue weighted by Crippen LogP contribution is -1.93. The van der Waals surface area contributed by atoms with E-state index < -0.39 is 0 Å². The molecule has 88 valence electrons. The highest BCUT2D eigenvalue weighted by Crippen LogP contribution is 2.24. The van der Waals surface area contributed by atoms with Crippen molar-refractivity contribution in [2.24, 2.45) is 0 Å². The molecule has 1 aromatic carbocycles. The van der Waals surface area contributed by atoms with E-state index in [9.17, 15) is 4.39 Å². The normalized spacial score (nSPS) is 10.3. The van der Waals surface area contributed by atoms with E-state index in [2.05, 4.69) is 4.98 Å². The molecule has 2 aromatic rings. The van der Waals surface area contributed by atoms with Crippen LogP contribution >= 0.6 is 11.6 Å². The third-order valence-electron chi connectivity index (χ3n) is 2.27. The van der Waals surface area contributed by atoms with Crippen LogP contribution in [-0.2, 0) is 5.88 Å². The lowest BCUT2D eigenvalue weighted by Gasteiger charge is -2.08. The number of aromatic nitrogens is 1. The van der Waals surface area contributed by atoms with Crippen LogP contribution in [-0.4, -0.2) is 4.98 Å². The molecule has 0 spiro atoms. The third kappa shape index (κ3) is 2.94. The molecule has 4 heteroatoms. The predicted molar refractivity (Wildman–Crippen MR) is 65.0 cm³/mol. The molecular weight excluding hydrogens is 241 g/mol. The minimum absolute atomic E-state index is 0.280. The summed E-state index contributed by atoms with van der Waals surface area (Å²) in [5.74, 6) is 1.10. The number of benzene rings is 1. The van der Waals surface area contributed by atoms with E-state index in [1.165, 1.54) is 12.1 Å². The van der Waals surface area contributed by atoms with Gasteiger partial charge in [-0.2, -0.15) is 0 Å². The molecule has 0 bridgehead atoms. The molecule has 0 atom stereocenters. The Bertz CT molecular complexity index is 531. The molecule has 0 radical (unpaired) electrons. The van der Waals surface area contributed by atoms with Crippen molar-refractivity contribution in [3.05, 3.63) is 53.5 Å². The van der Waals surface area contributed by atoms with Crippen LogP contribution in [0.1, 0.15) is 11.3 Å². The average molecular weight is 252 g/mol. The van der Waals surface area contributed by atoms with E-state index in [0.29, 0.717) is 17.5 Å². The number of ether oxygens (including phenoxy) is 1. The zero-order chi connectivity index (χ0) is 12.3. The molecule has 17 heavy (non-hydrogen) atoms. The number of hydrogen-bond donors (Lipinski definition) is 0. The van der Waals surface area contributed by atoms with Crippen LogP contribution in [0.3, 0.4) is 0 Å². The molecule has 0 aliphatic carbocycles. The molecule has 1 aromatic heterocycles. The van der Waals surface area contributed by atoms with Crippen LogP contribution in [0.5, 0.6) is 11.6 Å². The number of nitrogens with zero attached hydrogens (tertiary/aromatic N) is 1. The summed E-state index contributed by atoms with van der Waals surface area (Å²) in [6, 6.07) is 9.73. The molecule has 2 nitrogen and oxygen atoms in total. The van der Waals surface area contributed by atoms with Crippen LogP contribution in [0.15, 0.2) is 36.4 Å². The first-order chi connectivity index (χ1) is 8.19. The summed E-state index contributed by atoms with van der Waals surface area (Å²) in [6.07, 6.45) is 0. The SMILES string of the molecule is Cc1cc(F)ccc1Oc1cccc(CCl)n1. The van der Waals surface area contributed by atoms with E-state index >= 15 is 0 Å². The maximum atomic E-state index is 12.9. The van der Waals surface area contributed by atoms with Gasteiger partial charge < -0.3 is 4.74 Å². The quantitative estimate of drug-likeness (QED) is 0.768. The summed E-state index contributed by atoms with van der Waals surface area (Å²) in [6.45, 7) is 1.78. The molecule has 0 fully saturated rings. The van der Waals surface area contributed by atoms with Gasteiger partial charge in [0.2, 0.25) is 5.88 Å². The van der Waals surface area contributed by atoms with Gasteiger partial charge in [0.15, 0.2) is 0 Å². The van der Waals surface area contributed by atoms with Gasteiger partial charge >= 0.3 is 0 Å². The first-order valence-electron chi connectivity index (χ1n) is 5.15. The zero-order valence-electron chi connectivity index (χ0n) is 9.28. The number of halogens is 2. The van der Waals surface area contributed by atoms with Crippen LogP contribution in [0.4, 0.5) is 4.39 Å². The monoisotopic (exact) mass is 251 g/mol. The van der Waals surface area contributed by atoms with E-state index in [1.54, 1.807) is 19.1 Å². The van der Waals surface area contributed by atoms with Crippen LogP contribution < -0.4 is 4.74 Å². The van der Waals surface area contributed by atoms with E-state index in [4.69, 9.17) is 16.3 Å². The standard InChI is InChI=1S/C13H11ClFNO/c1-9-7-10(15)5-6-12(9)17-13-4-2-3-11(8-14)16-13/h2-7H,8H2,1H3. The minimum atomic E-state index is -0.280. The minimum Gasteiger partial charge on any atom is -0.439 e. The molecule has 2 rings (SSSR count). The fraction of sp³-hybridized carbons (Fsp3) is 0.154. The molecular formula is C13H11ClFNO. The number of hydrogen-bond acceptors (Lipinski definition) is 2.